The van der Waals surface area contributed by atoms with E-state index < -0.39 is 0 Å². The molecule has 2 nitrogen and oxygen atoms in total. The molecule has 1 aromatic heterocycles. The van der Waals surface area contributed by atoms with Gasteiger partial charge in [-0.1, -0.05) is 29.8 Å². The van der Waals surface area contributed by atoms with Crippen LogP contribution in [0.3, 0.4) is 0 Å². The molecule has 0 radical (unpaired) electrons. The molecule has 3 rings (SSSR count). The maximum atomic E-state index is 5.97. The van der Waals surface area contributed by atoms with Gasteiger partial charge in [0.05, 0.1) is 15.2 Å². The van der Waals surface area contributed by atoms with Crippen molar-refractivity contribution in [3.63, 3.8) is 0 Å². The highest BCUT2D eigenvalue weighted by atomic mass is 35.5. The van der Waals surface area contributed by atoms with Crippen molar-refractivity contribution in [1.82, 2.24) is 4.98 Å². The predicted octanol–water partition coefficient (Wildman–Crippen LogP) is 4.12. The van der Waals surface area contributed by atoms with Crippen LogP contribution in [0.4, 0.5) is 5.69 Å². The fraction of sp³-hybridized carbons (Fsp3) is 0.0714. The lowest BCUT2D eigenvalue weighted by Gasteiger charge is -2.01. The summed E-state index contributed by atoms with van der Waals surface area (Å²) in [5.74, 6) is 0. The molecule has 1 heterocycles. The first-order valence-corrected chi connectivity index (χ1v) is 6.80. The summed E-state index contributed by atoms with van der Waals surface area (Å²) in [4.78, 5) is 4.59. The van der Waals surface area contributed by atoms with E-state index in [-0.39, 0.29) is 0 Å². The molecule has 0 saturated heterocycles. The number of hydrogen-bond donors (Lipinski definition) is 1. The quantitative estimate of drug-likeness (QED) is 0.714. The van der Waals surface area contributed by atoms with Crippen molar-refractivity contribution >= 4 is 38.8 Å². The molecule has 0 bridgehead atoms. The number of fused-ring (bicyclic) bond motifs is 1. The smallest absolute Gasteiger partial charge is 0.0983 e. The van der Waals surface area contributed by atoms with E-state index in [4.69, 9.17) is 17.3 Å². The molecule has 2 N–H and O–H groups in total. The lowest BCUT2D eigenvalue weighted by Crippen LogP contribution is -1.94. The Morgan fingerprint density at radius 3 is 2.83 bits per heavy atom. The van der Waals surface area contributed by atoms with Gasteiger partial charge in [0.25, 0.3) is 0 Å². The maximum absolute atomic E-state index is 5.97. The SMILES string of the molecule is Nc1ccccc1Cc1nc2ccc(Cl)cc2s1. The fourth-order valence-corrected chi connectivity index (χ4v) is 3.15. The van der Waals surface area contributed by atoms with Crippen LogP contribution in [0.15, 0.2) is 42.5 Å². The van der Waals surface area contributed by atoms with E-state index in [0.29, 0.717) is 0 Å². The maximum Gasteiger partial charge on any atom is 0.0983 e. The van der Waals surface area contributed by atoms with Crippen molar-refractivity contribution in [2.24, 2.45) is 0 Å². The van der Waals surface area contributed by atoms with Gasteiger partial charge >= 0.3 is 0 Å². The second-order valence-corrected chi connectivity index (χ2v) is 5.65. The van der Waals surface area contributed by atoms with Gasteiger partial charge in [0.15, 0.2) is 0 Å². The first-order chi connectivity index (χ1) is 8.72. The molecule has 0 amide bonds. The Morgan fingerprint density at radius 1 is 1.17 bits per heavy atom. The van der Waals surface area contributed by atoms with Crippen molar-refractivity contribution in [1.29, 1.82) is 0 Å². The second-order valence-electron chi connectivity index (χ2n) is 4.10. The highest BCUT2D eigenvalue weighted by molar-refractivity contribution is 7.18. The van der Waals surface area contributed by atoms with Gasteiger partial charge in [0.2, 0.25) is 0 Å². The van der Waals surface area contributed by atoms with Crippen LogP contribution in [-0.4, -0.2) is 4.98 Å². The normalized spacial score (nSPS) is 10.9. The molecule has 0 unspecified atom stereocenters. The van der Waals surface area contributed by atoms with E-state index in [1.165, 1.54) is 0 Å². The van der Waals surface area contributed by atoms with Gasteiger partial charge in [-0.25, -0.2) is 4.98 Å². The van der Waals surface area contributed by atoms with Crippen LogP contribution < -0.4 is 5.73 Å². The monoisotopic (exact) mass is 274 g/mol. The number of nitrogen functional groups attached to an aromatic ring is 1. The first kappa shape index (κ1) is 11.5. The van der Waals surface area contributed by atoms with Crippen LogP contribution >= 0.6 is 22.9 Å². The summed E-state index contributed by atoms with van der Waals surface area (Å²) < 4.78 is 1.12. The number of nitrogens with zero attached hydrogens (tertiary/aromatic N) is 1. The number of halogens is 1. The lowest BCUT2D eigenvalue weighted by molar-refractivity contribution is 1.16. The number of aromatic nitrogens is 1. The fourth-order valence-electron chi connectivity index (χ4n) is 1.88. The molecule has 18 heavy (non-hydrogen) atoms. The zero-order chi connectivity index (χ0) is 12.5. The number of thiazole rings is 1. The molecule has 0 fully saturated rings. The number of para-hydroxylation sites is 1. The summed E-state index contributed by atoms with van der Waals surface area (Å²) in [5, 5.41) is 1.81. The minimum absolute atomic E-state index is 0.747. The number of benzene rings is 2. The van der Waals surface area contributed by atoms with Gasteiger partial charge in [-0.05, 0) is 29.8 Å². The minimum Gasteiger partial charge on any atom is -0.398 e. The molecule has 90 valence electrons. The third kappa shape index (κ3) is 2.19. The van der Waals surface area contributed by atoms with E-state index in [1.807, 2.05) is 42.5 Å². The average Bonchev–Trinajstić information content (AvgIpc) is 2.73. The van der Waals surface area contributed by atoms with Crippen LogP contribution in [0.1, 0.15) is 10.6 Å². The molecule has 0 aliphatic carbocycles. The summed E-state index contributed by atoms with van der Waals surface area (Å²) in [7, 11) is 0. The van der Waals surface area contributed by atoms with Crippen LogP contribution in [0.25, 0.3) is 10.2 Å². The Kier molecular flexibility index (Phi) is 2.94. The van der Waals surface area contributed by atoms with Gasteiger partial charge < -0.3 is 5.73 Å². The van der Waals surface area contributed by atoms with Crippen LogP contribution in [0.5, 0.6) is 0 Å². The number of hydrogen-bond acceptors (Lipinski definition) is 3. The van der Waals surface area contributed by atoms with Crippen molar-refractivity contribution in [3.8, 4) is 0 Å². The molecular weight excluding hydrogens is 264 g/mol. The zero-order valence-electron chi connectivity index (χ0n) is 9.56. The van der Waals surface area contributed by atoms with Gasteiger partial charge in [-0.3, -0.25) is 0 Å². The summed E-state index contributed by atoms with van der Waals surface area (Å²) in [5.41, 5.74) is 8.87. The van der Waals surface area contributed by atoms with E-state index >= 15 is 0 Å². The average molecular weight is 275 g/mol. The highest BCUT2D eigenvalue weighted by Crippen LogP contribution is 2.27. The van der Waals surface area contributed by atoms with Crippen molar-refractivity contribution in [2.45, 2.75) is 6.42 Å². The summed E-state index contributed by atoms with van der Waals surface area (Å²) in [6.07, 6.45) is 0.767. The summed E-state index contributed by atoms with van der Waals surface area (Å²) in [6.45, 7) is 0. The van der Waals surface area contributed by atoms with Crippen LogP contribution in [0.2, 0.25) is 5.02 Å². The van der Waals surface area contributed by atoms with Crippen molar-refractivity contribution in [2.75, 3.05) is 5.73 Å². The van der Waals surface area contributed by atoms with E-state index in [1.54, 1.807) is 11.3 Å². The molecule has 0 atom stereocenters. The summed E-state index contributed by atoms with van der Waals surface area (Å²) in [6, 6.07) is 13.7. The third-order valence-corrected chi connectivity index (χ3v) is 4.04. The van der Waals surface area contributed by atoms with Crippen molar-refractivity contribution < 1.29 is 0 Å². The number of rotatable bonds is 2. The van der Waals surface area contributed by atoms with Gasteiger partial charge in [-0.15, -0.1) is 11.3 Å². The number of anilines is 1. The number of nitrogens with two attached hydrogens (primary N) is 1. The van der Waals surface area contributed by atoms with Gasteiger partial charge in [-0.2, -0.15) is 0 Å². The highest BCUT2D eigenvalue weighted by Gasteiger charge is 2.06. The Morgan fingerprint density at radius 2 is 2.00 bits per heavy atom. The molecule has 0 spiro atoms. The van der Waals surface area contributed by atoms with E-state index in [2.05, 4.69) is 4.98 Å². The first-order valence-electron chi connectivity index (χ1n) is 5.61. The van der Waals surface area contributed by atoms with E-state index in [0.717, 1.165) is 37.9 Å². The van der Waals surface area contributed by atoms with Crippen molar-refractivity contribution in [3.05, 3.63) is 58.1 Å². The molecular formula is C14H11ClN2S. The minimum atomic E-state index is 0.747. The zero-order valence-corrected chi connectivity index (χ0v) is 11.1. The molecule has 4 heteroatoms. The predicted molar refractivity (Wildman–Crippen MR) is 78.3 cm³/mol. The molecule has 0 aliphatic heterocycles. The summed E-state index contributed by atoms with van der Waals surface area (Å²) >= 11 is 7.64. The Balaban J connectivity index is 1.98. The molecule has 2 aromatic carbocycles. The standard InChI is InChI=1S/C14H11ClN2S/c15-10-5-6-12-13(8-10)18-14(17-12)7-9-3-1-2-4-11(9)16/h1-6,8H,7,16H2. The van der Waals surface area contributed by atoms with Gasteiger partial charge in [0.1, 0.15) is 0 Å². The largest absolute Gasteiger partial charge is 0.398 e. The third-order valence-electron chi connectivity index (χ3n) is 2.79. The Hall–Kier alpha value is -1.58. The lowest BCUT2D eigenvalue weighted by atomic mass is 10.1. The van der Waals surface area contributed by atoms with Gasteiger partial charge in [0, 0.05) is 17.1 Å². The Bertz CT molecular complexity index is 706. The molecule has 3 aromatic rings. The van der Waals surface area contributed by atoms with Crippen LogP contribution in [0, 0.1) is 0 Å². The Labute approximate surface area is 114 Å². The topological polar surface area (TPSA) is 38.9 Å². The molecule has 0 saturated carbocycles. The second kappa shape index (κ2) is 4.59. The molecule has 0 aliphatic rings. The van der Waals surface area contributed by atoms with Crippen LogP contribution in [-0.2, 0) is 6.42 Å². The van der Waals surface area contributed by atoms with E-state index in [9.17, 15) is 0 Å².